The lowest BCUT2D eigenvalue weighted by atomic mass is 10.2. The Kier molecular flexibility index (Phi) is 5.84. The maximum atomic E-state index is 6.32. The highest BCUT2D eigenvalue weighted by Crippen LogP contribution is 2.38. The van der Waals surface area contributed by atoms with E-state index in [1.54, 1.807) is 11.8 Å². The van der Waals surface area contributed by atoms with Crippen LogP contribution in [-0.4, -0.2) is 14.8 Å². The molecular weight excluding hydrogens is 373 g/mol. The first-order chi connectivity index (χ1) is 12.1. The van der Waals surface area contributed by atoms with Crippen molar-refractivity contribution in [2.45, 2.75) is 23.9 Å². The summed E-state index contributed by atoms with van der Waals surface area (Å²) in [5.74, 6) is 0.797. The fraction of sp³-hybridized carbons (Fsp3) is 0.158. The van der Waals surface area contributed by atoms with Crippen LogP contribution in [0.5, 0.6) is 0 Å². The zero-order valence-corrected chi connectivity index (χ0v) is 16.0. The van der Waals surface area contributed by atoms with E-state index in [1.807, 2.05) is 59.2 Å². The summed E-state index contributed by atoms with van der Waals surface area (Å²) in [6.07, 6.45) is 1.84. The lowest BCUT2D eigenvalue weighted by Gasteiger charge is -2.14. The lowest BCUT2D eigenvalue weighted by Crippen LogP contribution is -2.01. The van der Waals surface area contributed by atoms with E-state index in [0.29, 0.717) is 11.6 Å². The summed E-state index contributed by atoms with van der Waals surface area (Å²) < 4.78 is 2.05. The molecule has 25 heavy (non-hydrogen) atoms. The summed E-state index contributed by atoms with van der Waals surface area (Å²) in [6.45, 7) is 6.59. The normalized spacial score (nSPS) is 12.1. The van der Waals surface area contributed by atoms with Crippen LogP contribution in [0.2, 0.25) is 10.0 Å². The number of aromatic nitrogens is 3. The van der Waals surface area contributed by atoms with Crippen LogP contribution in [0.1, 0.15) is 17.7 Å². The van der Waals surface area contributed by atoms with E-state index < -0.39 is 0 Å². The third kappa shape index (κ3) is 4.09. The minimum Gasteiger partial charge on any atom is -0.298 e. The maximum Gasteiger partial charge on any atom is 0.192 e. The first kappa shape index (κ1) is 18.1. The van der Waals surface area contributed by atoms with Gasteiger partial charge in [0.1, 0.15) is 0 Å². The molecule has 0 amide bonds. The zero-order valence-electron chi connectivity index (χ0n) is 13.7. The van der Waals surface area contributed by atoms with E-state index in [4.69, 9.17) is 23.2 Å². The summed E-state index contributed by atoms with van der Waals surface area (Å²) in [5.41, 5.74) is 2.05. The monoisotopic (exact) mass is 389 g/mol. The molecule has 0 bridgehead atoms. The van der Waals surface area contributed by atoms with Crippen molar-refractivity contribution >= 4 is 35.0 Å². The van der Waals surface area contributed by atoms with Crippen molar-refractivity contribution in [1.82, 2.24) is 14.8 Å². The van der Waals surface area contributed by atoms with Gasteiger partial charge in [-0.1, -0.05) is 59.2 Å². The van der Waals surface area contributed by atoms with Gasteiger partial charge in [-0.15, -0.1) is 16.8 Å². The van der Waals surface area contributed by atoms with Crippen LogP contribution < -0.4 is 0 Å². The number of hydrogen-bond acceptors (Lipinski definition) is 3. The van der Waals surface area contributed by atoms with Gasteiger partial charge in [0.25, 0.3) is 0 Å². The molecule has 0 N–H and O–H groups in total. The van der Waals surface area contributed by atoms with Gasteiger partial charge >= 0.3 is 0 Å². The molecule has 0 unspecified atom stereocenters. The third-order valence-corrected chi connectivity index (χ3v) is 5.47. The van der Waals surface area contributed by atoms with Crippen molar-refractivity contribution in [3.63, 3.8) is 0 Å². The summed E-state index contributed by atoms with van der Waals surface area (Å²) in [5, 5.41) is 11.2. The van der Waals surface area contributed by atoms with Gasteiger partial charge < -0.3 is 0 Å². The van der Waals surface area contributed by atoms with Crippen LogP contribution in [0.15, 0.2) is 66.3 Å². The quantitative estimate of drug-likeness (QED) is 0.366. The molecule has 1 atom stereocenters. The van der Waals surface area contributed by atoms with E-state index in [2.05, 4.69) is 23.7 Å². The maximum absolute atomic E-state index is 6.32. The topological polar surface area (TPSA) is 30.7 Å². The molecular formula is C19H17Cl2N3S. The Hall–Kier alpha value is -1.75. The van der Waals surface area contributed by atoms with Gasteiger partial charge in [-0.05, 0) is 42.8 Å². The minimum atomic E-state index is 0.152. The summed E-state index contributed by atoms with van der Waals surface area (Å²) in [7, 11) is 0. The fourth-order valence-corrected chi connectivity index (χ4v) is 4.02. The third-order valence-electron chi connectivity index (χ3n) is 3.76. The molecule has 0 saturated heterocycles. The van der Waals surface area contributed by atoms with Crippen LogP contribution >= 0.6 is 35.0 Å². The Labute approximate surface area is 161 Å². The molecule has 2 aromatic carbocycles. The van der Waals surface area contributed by atoms with Crippen molar-refractivity contribution in [1.29, 1.82) is 0 Å². The van der Waals surface area contributed by atoms with Gasteiger partial charge in [0, 0.05) is 27.4 Å². The van der Waals surface area contributed by atoms with E-state index in [0.717, 1.165) is 27.1 Å². The molecule has 0 spiro atoms. The average molecular weight is 390 g/mol. The average Bonchev–Trinajstić information content (AvgIpc) is 2.99. The summed E-state index contributed by atoms with van der Waals surface area (Å²) in [4.78, 5) is 0. The number of allylic oxidation sites excluding steroid dienone is 1. The van der Waals surface area contributed by atoms with Crippen LogP contribution in [0.3, 0.4) is 0 Å². The predicted molar refractivity (Wildman–Crippen MR) is 106 cm³/mol. The minimum absolute atomic E-state index is 0.152. The first-order valence-corrected chi connectivity index (χ1v) is 9.45. The zero-order chi connectivity index (χ0) is 17.8. The Morgan fingerprint density at radius 2 is 1.84 bits per heavy atom. The number of halogens is 2. The molecule has 0 fully saturated rings. The van der Waals surface area contributed by atoms with Gasteiger partial charge in [0.05, 0.1) is 0 Å². The number of hydrogen-bond donors (Lipinski definition) is 0. The molecule has 6 heteroatoms. The second-order valence-corrected chi connectivity index (χ2v) is 7.65. The molecule has 0 aliphatic carbocycles. The number of thioether (sulfide) groups is 1. The second-order valence-electron chi connectivity index (χ2n) is 5.49. The van der Waals surface area contributed by atoms with E-state index >= 15 is 0 Å². The van der Waals surface area contributed by atoms with Crippen LogP contribution in [-0.2, 0) is 6.54 Å². The number of rotatable bonds is 6. The highest BCUT2D eigenvalue weighted by Gasteiger charge is 2.18. The molecule has 1 heterocycles. The molecule has 0 aliphatic rings. The van der Waals surface area contributed by atoms with Gasteiger partial charge in [-0.3, -0.25) is 4.57 Å². The molecule has 3 nitrogen and oxygen atoms in total. The Balaban J connectivity index is 1.93. The smallest absolute Gasteiger partial charge is 0.192 e. The van der Waals surface area contributed by atoms with E-state index in [1.165, 1.54) is 0 Å². The Morgan fingerprint density at radius 1 is 1.12 bits per heavy atom. The predicted octanol–water partition coefficient (Wildman–Crippen LogP) is 6.29. The van der Waals surface area contributed by atoms with Gasteiger partial charge in [0.2, 0.25) is 0 Å². The number of nitrogens with zero attached hydrogens (tertiary/aromatic N) is 3. The molecule has 0 radical (unpaired) electrons. The second kappa shape index (κ2) is 8.09. The highest BCUT2D eigenvalue weighted by atomic mass is 35.5. The standard InChI is InChI=1S/C19H17Cl2N3S/c1-3-12-24-18(14-8-10-15(20)11-9-14)22-23-19(24)25-13(2)16-6-4-5-7-17(16)21/h3-11,13H,1,12H2,2H3/t13-/m1/s1. The molecule has 0 aliphatic heterocycles. The first-order valence-electron chi connectivity index (χ1n) is 7.81. The van der Waals surface area contributed by atoms with Crippen molar-refractivity contribution < 1.29 is 0 Å². The van der Waals surface area contributed by atoms with Crippen molar-refractivity contribution in [3.8, 4) is 11.4 Å². The van der Waals surface area contributed by atoms with Crippen molar-refractivity contribution in [3.05, 3.63) is 76.8 Å². The summed E-state index contributed by atoms with van der Waals surface area (Å²) in [6, 6.07) is 15.4. The lowest BCUT2D eigenvalue weighted by molar-refractivity contribution is 0.729. The van der Waals surface area contributed by atoms with Crippen molar-refractivity contribution in [2.24, 2.45) is 0 Å². The van der Waals surface area contributed by atoms with Gasteiger partial charge in [-0.2, -0.15) is 0 Å². The SMILES string of the molecule is C=CCn1c(S[C@H](C)c2ccccc2Cl)nnc1-c1ccc(Cl)cc1. The van der Waals surface area contributed by atoms with Gasteiger partial charge in [0.15, 0.2) is 11.0 Å². The molecule has 1 aromatic heterocycles. The Morgan fingerprint density at radius 3 is 2.52 bits per heavy atom. The van der Waals surface area contributed by atoms with E-state index in [9.17, 15) is 0 Å². The largest absolute Gasteiger partial charge is 0.298 e. The van der Waals surface area contributed by atoms with Crippen LogP contribution in [0.25, 0.3) is 11.4 Å². The molecule has 128 valence electrons. The molecule has 3 rings (SSSR count). The fourth-order valence-electron chi connectivity index (χ4n) is 2.51. The van der Waals surface area contributed by atoms with Crippen LogP contribution in [0.4, 0.5) is 0 Å². The molecule has 0 saturated carbocycles. The number of benzene rings is 2. The summed E-state index contributed by atoms with van der Waals surface area (Å²) >= 11 is 13.9. The van der Waals surface area contributed by atoms with Gasteiger partial charge in [-0.25, -0.2) is 0 Å². The molecule has 3 aromatic rings. The van der Waals surface area contributed by atoms with Crippen molar-refractivity contribution in [2.75, 3.05) is 0 Å². The Bertz CT molecular complexity index is 875. The van der Waals surface area contributed by atoms with E-state index in [-0.39, 0.29) is 5.25 Å². The van der Waals surface area contributed by atoms with Crippen LogP contribution in [0, 0.1) is 0 Å². The highest BCUT2D eigenvalue weighted by molar-refractivity contribution is 7.99.